The van der Waals surface area contributed by atoms with Crippen molar-refractivity contribution in [2.75, 3.05) is 11.9 Å². The second kappa shape index (κ2) is 7.54. The fourth-order valence-corrected chi connectivity index (χ4v) is 2.52. The lowest BCUT2D eigenvalue weighted by atomic mass is 10.1. The second-order valence-electron chi connectivity index (χ2n) is 5.79. The lowest BCUT2D eigenvalue weighted by molar-refractivity contribution is -0.137. The van der Waals surface area contributed by atoms with E-state index in [9.17, 15) is 27.6 Å². The van der Waals surface area contributed by atoms with Crippen LogP contribution in [0.3, 0.4) is 0 Å². The average molecular weight is 357 g/mol. The number of anilines is 1. The molecule has 2 rings (SSSR count). The van der Waals surface area contributed by atoms with Crippen LogP contribution in [0.4, 0.5) is 18.9 Å². The van der Waals surface area contributed by atoms with Crippen molar-refractivity contribution in [3.05, 3.63) is 29.3 Å². The number of benzene rings is 1. The first kappa shape index (κ1) is 18.8. The highest BCUT2D eigenvalue weighted by Crippen LogP contribution is 2.32. The minimum Gasteiger partial charge on any atom is -0.354 e. The van der Waals surface area contributed by atoms with Gasteiger partial charge >= 0.3 is 6.18 Å². The Morgan fingerprint density at radius 3 is 2.56 bits per heavy atom. The molecule has 1 aliphatic rings. The van der Waals surface area contributed by atoms with Crippen LogP contribution in [0.1, 0.15) is 42.1 Å². The van der Waals surface area contributed by atoms with Crippen molar-refractivity contribution < 1.29 is 27.6 Å². The van der Waals surface area contributed by atoms with Gasteiger partial charge in [0.1, 0.15) is 6.04 Å². The molecule has 0 saturated carbocycles. The van der Waals surface area contributed by atoms with E-state index in [-0.39, 0.29) is 17.2 Å². The molecule has 0 radical (unpaired) electrons. The summed E-state index contributed by atoms with van der Waals surface area (Å²) in [5.74, 6) is -1.73. The van der Waals surface area contributed by atoms with Gasteiger partial charge in [0.05, 0.1) is 5.56 Å². The first-order valence-electron chi connectivity index (χ1n) is 7.75. The predicted octanol–water partition coefficient (Wildman–Crippen LogP) is 2.06. The van der Waals surface area contributed by atoms with Gasteiger partial charge in [0.15, 0.2) is 0 Å². The number of carbonyl (C=O) groups excluding carboxylic acids is 3. The molecule has 1 atom stereocenters. The standard InChI is InChI=1S/C16H18F3N3O3/c1-9(23)21-12-7-10(6-11(8-12)16(17,18)19)14(24)22-13-4-2-3-5-20-15(13)25/h6-8,13H,2-5H2,1H3,(H,20,25)(H,21,23)(H,22,24). The second-order valence-corrected chi connectivity index (χ2v) is 5.79. The van der Waals surface area contributed by atoms with E-state index in [4.69, 9.17) is 0 Å². The molecular formula is C16H18F3N3O3. The summed E-state index contributed by atoms with van der Waals surface area (Å²) in [5, 5.41) is 7.32. The summed E-state index contributed by atoms with van der Waals surface area (Å²) in [5.41, 5.74) is -1.48. The number of alkyl halides is 3. The van der Waals surface area contributed by atoms with E-state index in [2.05, 4.69) is 16.0 Å². The Morgan fingerprint density at radius 2 is 1.92 bits per heavy atom. The fourth-order valence-electron chi connectivity index (χ4n) is 2.52. The van der Waals surface area contributed by atoms with Gasteiger partial charge in [-0.1, -0.05) is 0 Å². The van der Waals surface area contributed by atoms with E-state index in [1.165, 1.54) is 0 Å². The topological polar surface area (TPSA) is 87.3 Å². The molecule has 3 N–H and O–H groups in total. The van der Waals surface area contributed by atoms with E-state index < -0.39 is 29.6 Å². The van der Waals surface area contributed by atoms with Gasteiger partial charge in [-0.05, 0) is 37.5 Å². The Morgan fingerprint density at radius 1 is 1.20 bits per heavy atom. The van der Waals surface area contributed by atoms with Gasteiger partial charge in [-0.25, -0.2) is 0 Å². The molecule has 0 aromatic heterocycles. The predicted molar refractivity (Wildman–Crippen MR) is 83.9 cm³/mol. The summed E-state index contributed by atoms with van der Waals surface area (Å²) >= 11 is 0. The van der Waals surface area contributed by atoms with Gasteiger partial charge in [0, 0.05) is 24.7 Å². The SMILES string of the molecule is CC(=O)Nc1cc(C(=O)NC2CCCCNC2=O)cc(C(F)(F)F)c1. The van der Waals surface area contributed by atoms with E-state index >= 15 is 0 Å². The Hall–Kier alpha value is -2.58. The fraction of sp³-hybridized carbons (Fsp3) is 0.438. The largest absolute Gasteiger partial charge is 0.416 e. The monoisotopic (exact) mass is 357 g/mol. The molecule has 3 amide bonds. The van der Waals surface area contributed by atoms with Crippen molar-refractivity contribution in [1.82, 2.24) is 10.6 Å². The van der Waals surface area contributed by atoms with E-state index in [1.807, 2.05) is 0 Å². The molecule has 1 aromatic rings. The van der Waals surface area contributed by atoms with Crippen LogP contribution in [0.2, 0.25) is 0 Å². The number of nitrogens with one attached hydrogen (secondary N) is 3. The minimum atomic E-state index is -4.68. The van der Waals surface area contributed by atoms with Crippen LogP contribution < -0.4 is 16.0 Å². The molecule has 1 unspecified atom stereocenters. The Labute approximate surface area is 142 Å². The summed E-state index contributed by atoms with van der Waals surface area (Å²) in [4.78, 5) is 35.3. The van der Waals surface area contributed by atoms with Crippen LogP contribution in [0, 0.1) is 0 Å². The van der Waals surface area contributed by atoms with E-state index in [1.54, 1.807) is 0 Å². The maximum absolute atomic E-state index is 13.0. The summed E-state index contributed by atoms with van der Waals surface area (Å²) in [6, 6.07) is 1.78. The number of halogens is 3. The number of carbonyl (C=O) groups is 3. The minimum absolute atomic E-state index is 0.141. The molecule has 6 nitrogen and oxygen atoms in total. The van der Waals surface area contributed by atoms with Crippen molar-refractivity contribution in [3.63, 3.8) is 0 Å². The lowest BCUT2D eigenvalue weighted by Crippen LogP contribution is -2.45. The highest BCUT2D eigenvalue weighted by Gasteiger charge is 2.32. The molecule has 1 saturated heterocycles. The third-order valence-corrected chi connectivity index (χ3v) is 3.68. The molecule has 136 valence electrons. The number of amides is 3. The molecule has 1 heterocycles. The highest BCUT2D eigenvalue weighted by molar-refractivity contribution is 5.99. The van der Waals surface area contributed by atoms with Crippen LogP contribution in [0.5, 0.6) is 0 Å². The van der Waals surface area contributed by atoms with Gasteiger partial charge in [0.25, 0.3) is 5.91 Å². The number of hydrogen-bond donors (Lipinski definition) is 3. The molecule has 9 heteroatoms. The third-order valence-electron chi connectivity index (χ3n) is 3.68. The molecule has 1 aliphatic heterocycles. The Kier molecular flexibility index (Phi) is 5.66. The van der Waals surface area contributed by atoms with E-state index in [0.717, 1.165) is 25.5 Å². The van der Waals surface area contributed by atoms with Crippen molar-refractivity contribution in [2.45, 2.75) is 38.4 Å². The quantitative estimate of drug-likeness (QED) is 0.774. The van der Waals surface area contributed by atoms with Crippen molar-refractivity contribution in [3.8, 4) is 0 Å². The van der Waals surface area contributed by atoms with Gasteiger partial charge in [-0.15, -0.1) is 0 Å². The van der Waals surface area contributed by atoms with Crippen LogP contribution in [0.15, 0.2) is 18.2 Å². The van der Waals surface area contributed by atoms with Crippen LogP contribution in [-0.2, 0) is 15.8 Å². The normalized spacial score (nSPS) is 18.1. The summed E-state index contributed by atoms with van der Waals surface area (Å²) < 4.78 is 39.0. The molecule has 25 heavy (non-hydrogen) atoms. The third kappa shape index (κ3) is 5.20. The summed E-state index contributed by atoms with van der Waals surface area (Å²) in [7, 11) is 0. The van der Waals surface area contributed by atoms with Crippen LogP contribution >= 0.6 is 0 Å². The molecular weight excluding hydrogens is 339 g/mol. The van der Waals surface area contributed by atoms with Crippen LogP contribution in [0.25, 0.3) is 0 Å². The number of hydrogen-bond acceptors (Lipinski definition) is 3. The van der Waals surface area contributed by atoms with Crippen molar-refractivity contribution >= 4 is 23.4 Å². The molecule has 1 fully saturated rings. The zero-order chi connectivity index (χ0) is 18.6. The first-order chi connectivity index (χ1) is 11.7. The van der Waals surface area contributed by atoms with Crippen molar-refractivity contribution in [2.24, 2.45) is 0 Å². The average Bonchev–Trinajstić information content (AvgIpc) is 2.70. The zero-order valence-corrected chi connectivity index (χ0v) is 13.5. The van der Waals surface area contributed by atoms with Crippen molar-refractivity contribution in [1.29, 1.82) is 0 Å². The molecule has 1 aromatic carbocycles. The highest BCUT2D eigenvalue weighted by atomic mass is 19.4. The van der Waals surface area contributed by atoms with Gasteiger partial charge in [-0.3, -0.25) is 14.4 Å². The van der Waals surface area contributed by atoms with Gasteiger partial charge in [0.2, 0.25) is 11.8 Å². The lowest BCUT2D eigenvalue weighted by Gasteiger charge is -2.17. The maximum atomic E-state index is 13.0. The maximum Gasteiger partial charge on any atom is 0.416 e. The first-order valence-corrected chi connectivity index (χ1v) is 7.75. The van der Waals surface area contributed by atoms with E-state index in [0.29, 0.717) is 25.5 Å². The molecule has 0 spiro atoms. The Bertz CT molecular complexity index is 689. The molecule has 0 aliphatic carbocycles. The summed E-state index contributed by atoms with van der Waals surface area (Å²) in [6.07, 6.45) is -2.78. The number of rotatable bonds is 3. The summed E-state index contributed by atoms with van der Waals surface area (Å²) in [6.45, 7) is 1.65. The van der Waals surface area contributed by atoms with Gasteiger partial charge in [-0.2, -0.15) is 13.2 Å². The zero-order valence-electron chi connectivity index (χ0n) is 13.5. The van der Waals surface area contributed by atoms with Gasteiger partial charge < -0.3 is 16.0 Å². The molecule has 0 bridgehead atoms. The smallest absolute Gasteiger partial charge is 0.354 e. The van der Waals surface area contributed by atoms with Crippen LogP contribution in [-0.4, -0.2) is 30.3 Å². The Balaban J connectivity index is 2.27.